The minimum absolute atomic E-state index is 0.0922. The van der Waals surface area contributed by atoms with Crippen molar-refractivity contribution in [2.24, 2.45) is 4.99 Å². The molecule has 0 radical (unpaired) electrons. The van der Waals surface area contributed by atoms with Crippen LogP contribution in [0.1, 0.15) is 31.2 Å². The maximum absolute atomic E-state index is 12.5. The lowest BCUT2D eigenvalue weighted by Crippen LogP contribution is -2.37. The van der Waals surface area contributed by atoms with Gasteiger partial charge in [-0.25, -0.2) is 4.99 Å². The molecule has 4 rings (SSSR count). The maximum atomic E-state index is 12.5. The first-order valence-electron chi connectivity index (χ1n) is 9.32. The molecule has 7 heteroatoms. The number of rotatable bonds is 4. The Bertz CT molecular complexity index is 926. The summed E-state index contributed by atoms with van der Waals surface area (Å²) in [7, 11) is 1.56. The molecule has 0 aromatic heterocycles. The molecule has 1 amide bonds. The van der Waals surface area contributed by atoms with E-state index in [1.165, 1.54) is 24.6 Å². The smallest absolute Gasteiger partial charge is 0.234 e. The van der Waals surface area contributed by atoms with Crippen molar-refractivity contribution in [1.82, 2.24) is 0 Å². The van der Waals surface area contributed by atoms with E-state index in [1.807, 2.05) is 12.1 Å². The van der Waals surface area contributed by atoms with Crippen LogP contribution in [-0.2, 0) is 4.79 Å². The Balaban J connectivity index is 1.46. The van der Waals surface area contributed by atoms with E-state index < -0.39 is 0 Å². The maximum Gasteiger partial charge on any atom is 0.234 e. The van der Waals surface area contributed by atoms with Crippen LogP contribution in [0.5, 0.6) is 5.75 Å². The molecule has 1 aliphatic carbocycles. The van der Waals surface area contributed by atoms with Crippen LogP contribution in [0.2, 0.25) is 5.02 Å². The molecule has 2 aromatic carbocycles. The molecule has 0 atom stereocenters. The third-order valence-electron chi connectivity index (χ3n) is 5.05. The van der Waals surface area contributed by atoms with E-state index >= 15 is 0 Å². The second-order valence-corrected chi connectivity index (χ2v) is 8.38. The average molecular weight is 416 g/mol. The van der Waals surface area contributed by atoms with Crippen molar-refractivity contribution in [1.29, 1.82) is 0 Å². The van der Waals surface area contributed by atoms with Gasteiger partial charge in [0, 0.05) is 16.9 Å². The van der Waals surface area contributed by atoms with Crippen molar-refractivity contribution in [3.8, 4) is 5.75 Å². The van der Waals surface area contributed by atoms with E-state index in [-0.39, 0.29) is 17.3 Å². The van der Waals surface area contributed by atoms with E-state index in [0.29, 0.717) is 16.5 Å². The highest BCUT2D eigenvalue weighted by molar-refractivity contribution is 8.15. The van der Waals surface area contributed by atoms with E-state index in [2.05, 4.69) is 22.8 Å². The van der Waals surface area contributed by atoms with Crippen LogP contribution in [0.3, 0.4) is 0 Å². The lowest BCUT2D eigenvalue weighted by atomic mass is 10.0. The highest BCUT2D eigenvalue weighted by atomic mass is 35.5. The molecular formula is C21H22ClN3O2S. The van der Waals surface area contributed by atoms with Crippen LogP contribution in [-0.4, -0.2) is 29.5 Å². The third kappa shape index (κ3) is 3.98. The molecule has 2 aromatic rings. The average Bonchev–Trinajstić information content (AvgIpc) is 3.13. The molecular weight excluding hydrogens is 394 g/mol. The molecule has 5 nitrogen and oxygen atoms in total. The molecule has 2 aliphatic rings. The van der Waals surface area contributed by atoms with Crippen molar-refractivity contribution < 1.29 is 9.53 Å². The van der Waals surface area contributed by atoms with Gasteiger partial charge < -0.3 is 15.4 Å². The summed E-state index contributed by atoms with van der Waals surface area (Å²) in [5.41, 5.74) is 2.60. The Hall–Kier alpha value is -2.18. The summed E-state index contributed by atoms with van der Waals surface area (Å²) in [5.74, 6) is 0.773. The van der Waals surface area contributed by atoms with Gasteiger partial charge in [0.2, 0.25) is 5.91 Å². The molecule has 1 spiro atoms. The number of carbonyl (C=O) groups excluding carboxylic acids is 1. The number of fused-ring (bicyclic) bond motifs is 1. The number of thioether (sulfide) groups is 1. The zero-order valence-corrected chi connectivity index (χ0v) is 17.2. The van der Waals surface area contributed by atoms with Crippen LogP contribution < -0.4 is 15.4 Å². The number of benzene rings is 2. The topological polar surface area (TPSA) is 62.7 Å². The molecule has 1 heterocycles. The molecule has 146 valence electrons. The molecule has 28 heavy (non-hydrogen) atoms. The van der Waals surface area contributed by atoms with E-state index in [0.717, 1.165) is 29.1 Å². The quantitative estimate of drug-likeness (QED) is 0.723. The number of nitrogens with zero attached hydrogens (tertiary/aromatic N) is 1. The number of hydrogen-bond donors (Lipinski definition) is 2. The summed E-state index contributed by atoms with van der Waals surface area (Å²) < 4.78 is 5.14. The first-order chi connectivity index (χ1) is 13.6. The number of aliphatic imine (C=N–C) groups is 1. The SMILES string of the molecule is COc1ccc(NC(=O)CSC2=NC3(CCCC3)Nc3ccccc32)cc1Cl. The zero-order valence-electron chi connectivity index (χ0n) is 15.6. The number of carbonyl (C=O) groups is 1. The van der Waals surface area contributed by atoms with Crippen molar-refractivity contribution in [3.63, 3.8) is 0 Å². The first kappa shape index (κ1) is 19.2. The minimum Gasteiger partial charge on any atom is -0.495 e. The molecule has 1 aliphatic heterocycles. The number of methoxy groups -OCH3 is 1. The van der Waals surface area contributed by atoms with Gasteiger partial charge in [0.15, 0.2) is 0 Å². The lowest BCUT2D eigenvalue weighted by Gasteiger charge is -2.33. The summed E-state index contributed by atoms with van der Waals surface area (Å²) in [6.07, 6.45) is 4.41. The standard InChI is InChI=1S/C21H22ClN3O2S/c1-27-18-9-8-14(12-16(18)22)23-19(26)13-28-20-15-6-2-3-7-17(15)24-21(25-20)10-4-5-11-21/h2-3,6-9,12,24H,4-5,10-11,13H2,1H3,(H,23,26). The molecule has 2 N–H and O–H groups in total. The summed E-state index contributed by atoms with van der Waals surface area (Å²) >= 11 is 7.61. The number of halogens is 1. The van der Waals surface area contributed by atoms with Crippen LogP contribution in [0, 0.1) is 0 Å². The molecule has 0 unspecified atom stereocenters. The molecule has 0 saturated heterocycles. The van der Waals surface area contributed by atoms with E-state index in [4.69, 9.17) is 21.3 Å². The number of para-hydroxylation sites is 1. The van der Waals surface area contributed by atoms with Gasteiger partial charge in [-0.3, -0.25) is 4.79 Å². The Morgan fingerprint density at radius 1 is 1.29 bits per heavy atom. The van der Waals surface area contributed by atoms with Gasteiger partial charge in [0.1, 0.15) is 16.5 Å². The number of nitrogens with one attached hydrogen (secondary N) is 2. The Kier molecular flexibility index (Phi) is 5.51. The summed E-state index contributed by atoms with van der Waals surface area (Å²) in [6.45, 7) is 0. The Morgan fingerprint density at radius 3 is 2.82 bits per heavy atom. The molecule has 1 fully saturated rings. The van der Waals surface area contributed by atoms with Crippen LogP contribution in [0.15, 0.2) is 47.5 Å². The normalized spacial score (nSPS) is 16.9. The van der Waals surface area contributed by atoms with Crippen LogP contribution >= 0.6 is 23.4 Å². The summed E-state index contributed by atoms with van der Waals surface area (Å²) in [5, 5.41) is 7.90. The van der Waals surface area contributed by atoms with E-state index in [1.54, 1.807) is 25.3 Å². The minimum atomic E-state index is -0.212. The molecule has 0 bridgehead atoms. The second-order valence-electron chi connectivity index (χ2n) is 7.01. The van der Waals surface area contributed by atoms with Gasteiger partial charge in [0.25, 0.3) is 0 Å². The number of ether oxygens (including phenoxy) is 1. The predicted octanol–water partition coefficient (Wildman–Crippen LogP) is 5.16. The fourth-order valence-corrected chi connectivity index (χ4v) is 4.86. The Morgan fingerprint density at radius 2 is 2.07 bits per heavy atom. The second kappa shape index (κ2) is 8.05. The van der Waals surface area contributed by atoms with Crippen molar-refractivity contribution in [2.75, 3.05) is 23.5 Å². The van der Waals surface area contributed by atoms with Gasteiger partial charge in [0.05, 0.1) is 17.9 Å². The van der Waals surface area contributed by atoms with Gasteiger partial charge in [-0.1, -0.05) is 41.6 Å². The summed E-state index contributed by atoms with van der Waals surface area (Å²) in [6, 6.07) is 13.4. The van der Waals surface area contributed by atoms with Gasteiger partial charge in [-0.05, 0) is 49.9 Å². The largest absolute Gasteiger partial charge is 0.495 e. The van der Waals surface area contributed by atoms with E-state index in [9.17, 15) is 4.79 Å². The van der Waals surface area contributed by atoms with Crippen LogP contribution in [0.4, 0.5) is 11.4 Å². The van der Waals surface area contributed by atoms with Gasteiger partial charge in [-0.15, -0.1) is 0 Å². The third-order valence-corrected chi connectivity index (χ3v) is 6.33. The molecule has 1 saturated carbocycles. The fourth-order valence-electron chi connectivity index (χ4n) is 3.69. The Labute approximate surface area is 173 Å². The summed E-state index contributed by atoms with van der Waals surface area (Å²) in [4.78, 5) is 17.5. The highest BCUT2D eigenvalue weighted by Gasteiger charge is 2.37. The highest BCUT2D eigenvalue weighted by Crippen LogP contribution is 2.40. The van der Waals surface area contributed by atoms with Crippen LogP contribution in [0.25, 0.3) is 0 Å². The van der Waals surface area contributed by atoms with Gasteiger partial charge >= 0.3 is 0 Å². The van der Waals surface area contributed by atoms with Gasteiger partial charge in [-0.2, -0.15) is 0 Å². The predicted molar refractivity (Wildman–Crippen MR) is 117 cm³/mol. The van der Waals surface area contributed by atoms with Crippen molar-refractivity contribution in [3.05, 3.63) is 53.1 Å². The van der Waals surface area contributed by atoms with Crippen molar-refractivity contribution in [2.45, 2.75) is 31.3 Å². The lowest BCUT2D eigenvalue weighted by molar-refractivity contribution is -0.113. The fraction of sp³-hybridized carbons (Fsp3) is 0.333. The number of anilines is 2. The van der Waals surface area contributed by atoms with Crippen molar-refractivity contribution >= 4 is 45.7 Å². The first-order valence-corrected chi connectivity index (χ1v) is 10.7. The number of amides is 1. The number of hydrogen-bond acceptors (Lipinski definition) is 5. The monoisotopic (exact) mass is 415 g/mol. The zero-order chi connectivity index (χ0) is 19.6.